The van der Waals surface area contributed by atoms with E-state index >= 15 is 0 Å². The lowest BCUT2D eigenvalue weighted by atomic mass is 9.86. The number of nitrogens with two attached hydrogens (primary N) is 1. The van der Waals surface area contributed by atoms with Crippen LogP contribution in [0, 0.1) is 5.41 Å². The minimum Gasteiger partial charge on any atom is -0.353 e. The van der Waals surface area contributed by atoms with Gasteiger partial charge in [0.15, 0.2) is 6.10 Å². The zero-order chi connectivity index (χ0) is 26.1. The van der Waals surface area contributed by atoms with Crippen molar-refractivity contribution in [2.75, 3.05) is 17.8 Å². The number of amides is 2. The van der Waals surface area contributed by atoms with Crippen molar-refractivity contribution < 1.29 is 32.3 Å². The van der Waals surface area contributed by atoms with Crippen LogP contribution in [0.3, 0.4) is 0 Å². The molecule has 190 valence electrons. The Balaban J connectivity index is 1.80. The topological polar surface area (TPSA) is 157 Å². The molecule has 1 atom stereocenters. The quantitative estimate of drug-likeness (QED) is 0.298. The van der Waals surface area contributed by atoms with E-state index in [0.29, 0.717) is 11.3 Å². The van der Waals surface area contributed by atoms with Crippen molar-refractivity contribution in [2.24, 2.45) is 11.1 Å². The molecule has 0 spiro atoms. The Labute approximate surface area is 203 Å². The van der Waals surface area contributed by atoms with Crippen LogP contribution in [0.2, 0.25) is 0 Å². The molecule has 2 amide bonds. The summed E-state index contributed by atoms with van der Waals surface area (Å²) in [6, 6.07) is 14.2. The van der Waals surface area contributed by atoms with E-state index in [1.807, 2.05) is 0 Å². The van der Waals surface area contributed by atoms with Crippen molar-refractivity contribution in [2.45, 2.75) is 37.8 Å². The SMILES string of the molecule is CC(C)(CN)C(OF)C(=O)NCCC(=O)C(=O)NCc1ccc(NS(=O)(=O)c2ccccc2)cc1. The highest BCUT2D eigenvalue weighted by Gasteiger charge is 2.36. The number of nitrogens with one attached hydrogen (secondary N) is 3. The third-order valence-electron chi connectivity index (χ3n) is 5.18. The van der Waals surface area contributed by atoms with Crippen LogP contribution >= 0.6 is 0 Å². The highest BCUT2D eigenvalue weighted by atomic mass is 32.2. The largest absolute Gasteiger partial charge is 0.353 e. The van der Waals surface area contributed by atoms with Crippen molar-refractivity contribution in [3.63, 3.8) is 0 Å². The van der Waals surface area contributed by atoms with E-state index in [1.165, 1.54) is 24.3 Å². The molecule has 2 aromatic rings. The average molecular weight is 509 g/mol. The number of ketones is 1. The Morgan fingerprint density at radius 1 is 1.03 bits per heavy atom. The van der Waals surface area contributed by atoms with Gasteiger partial charge in [-0.25, -0.2) is 8.42 Å². The Hall–Kier alpha value is -3.35. The molecule has 1 unspecified atom stereocenters. The van der Waals surface area contributed by atoms with Gasteiger partial charge in [0, 0.05) is 37.2 Å². The lowest BCUT2D eigenvalue weighted by Gasteiger charge is -2.28. The molecule has 12 heteroatoms. The molecule has 35 heavy (non-hydrogen) atoms. The normalized spacial score (nSPS) is 12.5. The van der Waals surface area contributed by atoms with E-state index in [4.69, 9.17) is 5.73 Å². The fourth-order valence-electron chi connectivity index (χ4n) is 2.91. The highest BCUT2D eigenvalue weighted by molar-refractivity contribution is 7.92. The predicted molar refractivity (Wildman–Crippen MR) is 127 cm³/mol. The number of hydrogen-bond acceptors (Lipinski definition) is 7. The van der Waals surface area contributed by atoms with Crippen LogP contribution in [0.25, 0.3) is 0 Å². The molecule has 2 aromatic carbocycles. The molecule has 0 fully saturated rings. The second kappa shape index (κ2) is 12.4. The van der Waals surface area contributed by atoms with Crippen LogP contribution in [-0.2, 0) is 35.9 Å². The van der Waals surface area contributed by atoms with Gasteiger partial charge in [-0.15, -0.1) is 0 Å². The standard InChI is InChI=1S/C23H29FN4O6S/c1-23(2,15-25)20(34-24)22(31)26-13-12-19(29)21(30)27-14-16-8-10-17(11-9-16)28-35(32,33)18-6-4-3-5-7-18/h3-11,20,28H,12-15,25H2,1-2H3,(H,26,31)(H,27,30). The Kier molecular flexibility index (Phi) is 9.87. The number of rotatable bonds is 13. The lowest BCUT2D eigenvalue weighted by molar-refractivity contribution is -0.211. The Bertz CT molecular complexity index is 1120. The first kappa shape index (κ1) is 27.9. The van der Waals surface area contributed by atoms with Gasteiger partial charge in [0.2, 0.25) is 5.78 Å². The molecular weight excluding hydrogens is 479 g/mol. The van der Waals surface area contributed by atoms with Gasteiger partial charge in [0.05, 0.1) is 4.90 Å². The number of hydrogen-bond donors (Lipinski definition) is 4. The summed E-state index contributed by atoms with van der Waals surface area (Å²) in [6.45, 7) is 2.96. The first-order valence-electron chi connectivity index (χ1n) is 10.7. The fraction of sp³-hybridized carbons (Fsp3) is 0.348. The number of carbonyl (C=O) groups excluding carboxylic acids is 3. The van der Waals surface area contributed by atoms with Gasteiger partial charge in [-0.2, -0.15) is 4.94 Å². The number of carbonyl (C=O) groups is 3. The van der Waals surface area contributed by atoms with Crippen LogP contribution in [0.1, 0.15) is 25.8 Å². The summed E-state index contributed by atoms with van der Waals surface area (Å²) in [5.41, 5.74) is 5.52. The van der Waals surface area contributed by atoms with Crippen molar-refractivity contribution >= 4 is 33.3 Å². The van der Waals surface area contributed by atoms with E-state index in [9.17, 15) is 27.3 Å². The van der Waals surface area contributed by atoms with Gasteiger partial charge in [-0.1, -0.05) is 44.2 Å². The van der Waals surface area contributed by atoms with E-state index in [2.05, 4.69) is 20.3 Å². The first-order chi connectivity index (χ1) is 16.5. The van der Waals surface area contributed by atoms with Crippen LogP contribution in [0.5, 0.6) is 0 Å². The summed E-state index contributed by atoms with van der Waals surface area (Å²) in [4.78, 5) is 40.0. The number of benzene rings is 2. The molecule has 0 aromatic heterocycles. The summed E-state index contributed by atoms with van der Waals surface area (Å²) in [7, 11) is -3.72. The molecule has 0 saturated heterocycles. The summed E-state index contributed by atoms with van der Waals surface area (Å²) < 4.78 is 39.9. The van der Waals surface area contributed by atoms with Crippen LogP contribution in [-0.4, -0.2) is 45.2 Å². The number of anilines is 1. The van der Waals surface area contributed by atoms with Gasteiger partial charge in [0.1, 0.15) is 0 Å². The fourth-order valence-corrected chi connectivity index (χ4v) is 3.99. The summed E-state index contributed by atoms with van der Waals surface area (Å²) in [5.74, 6) is -2.40. The van der Waals surface area contributed by atoms with E-state index in [-0.39, 0.29) is 31.0 Å². The first-order valence-corrected chi connectivity index (χ1v) is 12.2. The maximum atomic E-state index is 12.8. The monoisotopic (exact) mass is 508 g/mol. The zero-order valence-corrected chi connectivity index (χ0v) is 20.2. The lowest BCUT2D eigenvalue weighted by Crippen LogP contribution is -2.48. The maximum Gasteiger partial charge on any atom is 0.287 e. The molecule has 0 heterocycles. The molecule has 0 aliphatic heterocycles. The minimum absolute atomic E-state index is 0.00375. The van der Waals surface area contributed by atoms with Gasteiger partial charge >= 0.3 is 0 Å². The number of halogens is 1. The second-order valence-electron chi connectivity index (χ2n) is 8.42. The van der Waals surface area contributed by atoms with Crippen molar-refractivity contribution in [3.8, 4) is 0 Å². The molecule has 0 radical (unpaired) electrons. The summed E-state index contributed by atoms with van der Waals surface area (Å²) in [6.07, 6.45) is -1.74. The number of sulfonamides is 1. The third kappa shape index (κ3) is 8.12. The van der Waals surface area contributed by atoms with Crippen LogP contribution in [0.15, 0.2) is 59.5 Å². The highest BCUT2D eigenvalue weighted by Crippen LogP contribution is 2.22. The molecule has 5 N–H and O–H groups in total. The zero-order valence-electron chi connectivity index (χ0n) is 19.4. The van der Waals surface area contributed by atoms with Gasteiger partial charge < -0.3 is 16.4 Å². The smallest absolute Gasteiger partial charge is 0.287 e. The minimum atomic E-state index is -3.72. The third-order valence-corrected chi connectivity index (χ3v) is 6.58. The van der Waals surface area contributed by atoms with E-state index in [1.54, 1.807) is 44.2 Å². The molecular formula is C23H29FN4O6S. The Morgan fingerprint density at radius 2 is 1.66 bits per heavy atom. The molecule has 10 nitrogen and oxygen atoms in total. The molecule has 0 bridgehead atoms. The van der Waals surface area contributed by atoms with Crippen LogP contribution < -0.4 is 21.1 Å². The summed E-state index contributed by atoms with van der Waals surface area (Å²) in [5, 5.41) is 4.81. The van der Waals surface area contributed by atoms with E-state index < -0.39 is 39.1 Å². The Morgan fingerprint density at radius 3 is 2.23 bits per heavy atom. The van der Waals surface area contributed by atoms with Crippen molar-refractivity contribution in [1.29, 1.82) is 0 Å². The van der Waals surface area contributed by atoms with Gasteiger partial charge in [-0.3, -0.25) is 19.1 Å². The summed E-state index contributed by atoms with van der Waals surface area (Å²) >= 11 is 0. The predicted octanol–water partition coefficient (Wildman–Crippen LogP) is 1.43. The molecule has 0 aliphatic carbocycles. The second-order valence-corrected chi connectivity index (χ2v) is 10.1. The van der Waals surface area contributed by atoms with Crippen LogP contribution in [0.4, 0.5) is 10.2 Å². The van der Waals surface area contributed by atoms with Gasteiger partial charge in [-0.05, 0) is 34.4 Å². The molecule has 2 rings (SSSR count). The maximum absolute atomic E-state index is 12.8. The van der Waals surface area contributed by atoms with Crippen molar-refractivity contribution in [3.05, 3.63) is 60.2 Å². The molecule has 0 aliphatic rings. The van der Waals surface area contributed by atoms with E-state index in [0.717, 1.165) is 0 Å². The van der Waals surface area contributed by atoms with Crippen molar-refractivity contribution in [1.82, 2.24) is 10.6 Å². The molecule has 0 saturated carbocycles. The number of Topliss-reactive ketones (excluding diaryl/α,β-unsaturated/α-hetero) is 1. The van der Waals surface area contributed by atoms with Gasteiger partial charge in [0.25, 0.3) is 21.8 Å². The average Bonchev–Trinajstić information content (AvgIpc) is 2.84.